The number of aliphatic hydroxyl groups is 1. The SMILES string of the molecule is Cn1cc(-c2ccc3cnc(Nc4ccc(-n5cnc(N6CCCC(O)C6)n5)cc4)nc3c2)cn1. The number of benzene rings is 2. The molecule has 0 radical (unpaired) electrons. The zero-order valence-corrected chi connectivity index (χ0v) is 19.3. The van der Waals surface area contributed by atoms with Crippen LogP contribution >= 0.6 is 0 Å². The average Bonchev–Trinajstić information content (AvgIpc) is 3.54. The van der Waals surface area contributed by atoms with E-state index in [2.05, 4.69) is 31.5 Å². The number of hydrogen-bond acceptors (Lipinski definition) is 8. The van der Waals surface area contributed by atoms with Gasteiger partial charge in [0, 0.05) is 49.2 Å². The number of aromatic nitrogens is 7. The van der Waals surface area contributed by atoms with Crippen molar-refractivity contribution in [3.8, 4) is 16.8 Å². The molecular weight excluding hydrogens is 442 g/mol. The zero-order chi connectivity index (χ0) is 23.8. The monoisotopic (exact) mass is 467 g/mol. The molecule has 1 fully saturated rings. The van der Waals surface area contributed by atoms with Gasteiger partial charge in [-0.1, -0.05) is 12.1 Å². The Kier molecular flexibility index (Phi) is 5.34. The summed E-state index contributed by atoms with van der Waals surface area (Å²) in [6, 6.07) is 14.0. The third-order valence-corrected chi connectivity index (χ3v) is 6.17. The molecule has 1 aliphatic heterocycles. The van der Waals surface area contributed by atoms with Gasteiger partial charge in [0.2, 0.25) is 11.9 Å². The fraction of sp³-hybridized carbons (Fsp3) is 0.240. The average molecular weight is 468 g/mol. The Balaban J connectivity index is 1.18. The van der Waals surface area contributed by atoms with Crippen molar-refractivity contribution in [3.05, 3.63) is 67.4 Å². The summed E-state index contributed by atoms with van der Waals surface area (Å²) in [4.78, 5) is 15.6. The van der Waals surface area contributed by atoms with Crippen molar-refractivity contribution < 1.29 is 5.11 Å². The van der Waals surface area contributed by atoms with E-state index >= 15 is 0 Å². The Bertz CT molecular complexity index is 1470. The lowest BCUT2D eigenvalue weighted by molar-refractivity contribution is 0.153. The largest absolute Gasteiger partial charge is 0.391 e. The molecule has 3 aromatic heterocycles. The molecule has 0 aliphatic carbocycles. The van der Waals surface area contributed by atoms with E-state index in [-0.39, 0.29) is 6.10 Å². The van der Waals surface area contributed by atoms with Crippen LogP contribution in [-0.4, -0.2) is 58.8 Å². The first-order valence-electron chi connectivity index (χ1n) is 11.6. The molecule has 2 N–H and O–H groups in total. The Labute approximate surface area is 201 Å². The van der Waals surface area contributed by atoms with Crippen molar-refractivity contribution in [2.75, 3.05) is 23.3 Å². The van der Waals surface area contributed by atoms with Crippen molar-refractivity contribution >= 4 is 28.5 Å². The Morgan fingerprint density at radius 3 is 2.71 bits per heavy atom. The molecule has 0 saturated carbocycles. The summed E-state index contributed by atoms with van der Waals surface area (Å²) in [6.45, 7) is 1.43. The highest BCUT2D eigenvalue weighted by molar-refractivity contribution is 5.84. The molecule has 1 atom stereocenters. The number of rotatable bonds is 5. The van der Waals surface area contributed by atoms with Crippen molar-refractivity contribution in [1.82, 2.24) is 34.5 Å². The van der Waals surface area contributed by atoms with Crippen LogP contribution in [0.15, 0.2) is 67.4 Å². The van der Waals surface area contributed by atoms with E-state index in [1.807, 2.05) is 66.9 Å². The van der Waals surface area contributed by atoms with Gasteiger partial charge in [-0.05, 0) is 48.7 Å². The highest BCUT2D eigenvalue weighted by atomic mass is 16.3. The van der Waals surface area contributed by atoms with Crippen LogP contribution in [0.3, 0.4) is 0 Å². The maximum Gasteiger partial charge on any atom is 0.245 e. The molecule has 0 amide bonds. The van der Waals surface area contributed by atoms with Gasteiger partial charge in [0.15, 0.2) is 0 Å². The predicted molar refractivity (Wildman–Crippen MR) is 134 cm³/mol. The smallest absolute Gasteiger partial charge is 0.245 e. The van der Waals surface area contributed by atoms with Crippen molar-refractivity contribution in [3.63, 3.8) is 0 Å². The first kappa shape index (κ1) is 21.2. The van der Waals surface area contributed by atoms with Crippen molar-refractivity contribution in [1.29, 1.82) is 0 Å². The maximum atomic E-state index is 9.92. The Morgan fingerprint density at radius 1 is 1.03 bits per heavy atom. The van der Waals surface area contributed by atoms with E-state index in [1.54, 1.807) is 15.7 Å². The van der Waals surface area contributed by atoms with E-state index in [9.17, 15) is 5.11 Å². The van der Waals surface area contributed by atoms with Crippen LogP contribution in [0.4, 0.5) is 17.6 Å². The number of nitrogens with zero attached hydrogens (tertiary/aromatic N) is 8. The van der Waals surface area contributed by atoms with Gasteiger partial charge < -0.3 is 15.3 Å². The highest BCUT2D eigenvalue weighted by Gasteiger charge is 2.20. The zero-order valence-electron chi connectivity index (χ0n) is 19.3. The second-order valence-electron chi connectivity index (χ2n) is 8.77. The predicted octanol–water partition coefficient (Wildman–Crippen LogP) is 3.32. The molecule has 1 aliphatic rings. The van der Waals surface area contributed by atoms with Crippen LogP contribution in [0, 0.1) is 0 Å². The molecular formula is C25H25N9O. The molecule has 35 heavy (non-hydrogen) atoms. The van der Waals surface area contributed by atoms with Gasteiger partial charge in [0.25, 0.3) is 0 Å². The summed E-state index contributed by atoms with van der Waals surface area (Å²) in [5, 5.41) is 23.0. The summed E-state index contributed by atoms with van der Waals surface area (Å²) in [5.74, 6) is 1.17. The second kappa shape index (κ2) is 8.80. The number of nitrogens with one attached hydrogen (secondary N) is 1. The normalized spacial score (nSPS) is 16.1. The van der Waals surface area contributed by atoms with Gasteiger partial charge in [-0.15, -0.1) is 5.10 Å². The van der Waals surface area contributed by atoms with E-state index in [1.165, 1.54) is 0 Å². The highest BCUT2D eigenvalue weighted by Crippen LogP contribution is 2.24. The van der Waals surface area contributed by atoms with Gasteiger partial charge in [-0.25, -0.2) is 14.6 Å². The van der Waals surface area contributed by atoms with E-state index in [0.29, 0.717) is 18.4 Å². The van der Waals surface area contributed by atoms with Crippen LogP contribution in [0.2, 0.25) is 0 Å². The van der Waals surface area contributed by atoms with Gasteiger partial charge in [-0.3, -0.25) is 4.68 Å². The summed E-state index contributed by atoms with van der Waals surface area (Å²) >= 11 is 0. The second-order valence-corrected chi connectivity index (χ2v) is 8.77. The Hall–Kier alpha value is -4.31. The van der Waals surface area contributed by atoms with Crippen LogP contribution in [0.5, 0.6) is 0 Å². The molecule has 0 bridgehead atoms. The molecule has 1 saturated heterocycles. The van der Waals surface area contributed by atoms with Crippen molar-refractivity contribution in [2.24, 2.45) is 7.05 Å². The van der Waals surface area contributed by atoms with Gasteiger partial charge >= 0.3 is 0 Å². The summed E-state index contributed by atoms with van der Waals surface area (Å²) in [6.07, 6.45) is 8.80. The minimum atomic E-state index is -0.319. The first-order valence-corrected chi connectivity index (χ1v) is 11.6. The van der Waals surface area contributed by atoms with Crippen LogP contribution in [0.1, 0.15) is 12.8 Å². The van der Waals surface area contributed by atoms with Gasteiger partial charge in [0.1, 0.15) is 6.33 Å². The van der Waals surface area contributed by atoms with Gasteiger partial charge in [-0.2, -0.15) is 10.1 Å². The summed E-state index contributed by atoms with van der Waals surface area (Å²) in [7, 11) is 1.90. The molecule has 4 heterocycles. The summed E-state index contributed by atoms with van der Waals surface area (Å²) in [5.41, 5.74) is 4.73. The minimum Gasteiger partial charge on any atom is -0.391 e. The maximum absolute atomic E-state index is 9.92. The fourth-order valence-electron chi connectivity index (χ4n) is 4.32. The number of aryl methyl sites for hydroxylation is 1. The molecule has 10 heteroatoms. The molecule has 176 valence electrons. The molecule has 1 unspecified atom stereocenters. The van der Waals surface area contributed by atoms with E-state index < -0.39 is 0 Å². The third-order valence-electron chi connectivity index (χ3n) is 6.17. The van der Waals surface area contributed by atoms with Crippen molar-refractivity contribution in [2.45, 2.75) is 18.9 Å². The third kappa shape index (κ3) is 4.43. The quantitative estimate of drug-likeness (QED) is 0.405. The lowest BCUT2D eigenvalue weighted by atomic mass is 10.1. The van der Waals surface area contributed by atoms with E-state index in [4.69, 9.17) is 4.98 Å². The number of fused-ring (bicyclic) bond motifs is 1. The lowest BCUT2D eigenvalue weighted by Gasteiger charge is -2.28. The number of anilines is 3. The van der Waals surface area contributed by atoms with E-state index in [0.717, 1.165) is 52.8 Å². The number of hydrogen-bond donors (Lipinski definition) is 2. The molecule has 10 nitrogen and oxygen atoms in total. The molecule has 2 aromatic carbocycles. The van der Waals surface area contributed by atoms with Crippen LogP contribution < -0.4 is 10.2 Å². The Morgan fingerprint density at radius 2 is 1.91 bits per heavy atom. The first-order chi connectivity index (χ1) is 17.1. The van der Waals surface area contributed by atoms with Crippen LogP contribution in [0.25, 0.3) is 27.7 Å². The molecule has 6 rings (SSSR count). The minimum absolute atomic E-state index is 0.319. The molecule has 0 spiro atoms. The molecule has 5 aromatic rings. The van der Waals surface area contributed by atoms with Crippen LogP contribution in [-0.2, 0) is 7.05 Å². The fourth-order valence-corrected chi connectivity index (χ4v) is 4.32. The standard InChI is InChI=1S/C25H25N9O/c1-32-14-19(13-28-32)17-4-5-18-12-26-24(30-23(18)11-17)29-20-6-8-21(9-7-20)34-16-27-25(31-34)33-10-2-3-22(35)15-33/h4-9,11-14,16,22,35H,2-3,10,15H2,1H3,(H,26,29,30). The lowest BCUT2D eigenvalue weighted by Crippen LogP contribution is -2.38. The summed E-state index contributed by atoms with van der Waals surface area (Å²) < 4.78 is 3.53. The number of β-amino-alcohol motifs (C(OH)–C–C–N with tert-alkyl or cyclic N) is 1. The number of aliphatic hydroxyl groups excluding tert-OH is 1. The number of piperidine rings is 1. The topological polar surface area (TPSA) is 110 Å². The van der Waals surface area contributed by atoms with Gasteiger partial charge in [0.05, 0.1) is 23.5 Å².